The van der Waals surface area contributed by atoms with Crippen molar-refractivity contribution in [2.75, 3.05) is 6.54 Å². The molecule has 0 aromatic carbocycles. The SMILES string of the molecule is CC(C)N1CCC(=O)NC(C2CC2)C1=O. The van der Waals surface area contributed by atoms with Crippen molar-refractivity contribution in [3.05, 3.63) is 0 Å². The maximum Gasteiger partial charge on any atom is 0.245 e. The Morgan fingerprint density at radius 1 is 1.33 bits per heavy atom. The van der Waals surface area contributed by atoms with Crippen molar-refractivity contribution < 1.29 is 9.59 Å². The quantitative estimate of drug-likeness (QED) is 0.722. The Labute approximate surface area is 90.0 Å². The molecule has 0 radical (unpaired) electrons. The molecule has 4 heteroatoms. The Morgan fingerprint density at radius 2 is 2.00 bits per heavy atom. The van der Waals surface area contributed by atoms with Gasteiger partial charge < -0.3 is 10.2 Å². The fourth-order valence-electron chi connectivity index (χ4n) is 2.08. The van der Waals surface area contributed by atoms with Crippen LogP contribution in [0.3, 0.4) is 0 Å². The van der Waals surface area contributed by atoms with E-state index in [0.717, 1.165) is 12.8 Å². The summed E-state index contributed by atoms with van der Waals surface area (Å²) in [5.74, 6) is 0.516. The largest absolute Gasteiger partial charge is 0.344 e. The summed E-state index contributed by atoms with van der Waals surface area (Å²) in [5, 5.41) is 2.85. The number of carbonyl (C=O) groups excluding carboxylic acids is 2. The van der Waals surface area contributed by atoms with Gasteiger partial charge in [0.15, 0.2) is 0 Å². The standard InChI is InChI=1S/C11H18N2O2/c1-7(2)13-6-5-9(14)12-10(11(13)15)8-3-4-8/h7-8,10H,3-6H2,1-2H3,(H,12,14). The molecule has 1 saturated carbocycles. The van der Waals surface area contributed by atoms with E-state index in [9.17, 15) is 9.59 Å². The normalized spacial score (nSPS) is 27.9. The number of carbonyl (C=O) groups is 2. The molecule has 15 heavy (non-hydrogen) atoms. The molecule has 2 rings (SSSR count). The van der Waals surface area contributed by atoms with Gasteiger partial charge in [0.25, 0.3) is 0 Å². The highest BCUT2D eigenvalue weighted by Gasteiger charge is 2.41. The van der Waals surface area contributed by atoms with Gasteiger partial charge in [0.1, 0.15) is 6.04 Å². The highest BCUT2D eigenvalue weighted by Crippen LogP contribution is 2.34. The number of rotatable bonds is 2. The van der Waals surface area contributed by atoms with Gasteiger partial charge in [0.05, 0.1) is 0 Å². The molecular weight excluding hydrogens is 192 g/mol. The van der Waals surface area contributed by atoms with Gasteiger partial charge in [-0.2, -0.15) is 0 Å². The summed E-state index contributed by atoms with van der Waals surface area (Å²) >= 11 is 0. The van der Waals surface area contributed by atoms with Crippen LogP contribution >= 0.6 is 0 Å². The van der Waals surface area contributed by atoms with E-state index in [1.165, 1.54) is 0 Å². The molecule has 1 aliphatic heterocycles. The summed E-state index contributed by atoms with van der Waals surface area (Å²) in [4.78, 5) is 25.4. The first-order valence-electron chi connectivity index (χ1n) is 5.69. The molecular formula is C11H18N2O2. The van der Waals surface area contributed by atoms with Gasteiger partial charge in [-0.05, 0) is 32.6 Å². The molecule has 0 aromatic heterocycles. The molecule has 0 bridgehead atoms. The lowest BCUT2D eigenvalue weighted by Crippen LogP contribution is -2.48. The lowest BCUT2D eigenvalue weighted by Gasteiger charge is -2.27. The van der Waals surface area contributed by atoms with Crippen LogP contribution in [0.1, 0.15) is 33.1 Å². The molecule has 4 nitrogen and oxygen atoms in total. The van der Waals surface area contributed by atoms with Gasteiger partial charge in [-0.15, -0.1) is 0 Å². The van der Waals surface area contributed by atoms with Crippen molar-refractivity contribution in [2.45, 2.75) is 45.2 Å². The van der Waals surface area contributed by atoms with E-state index in [1.807, 2.05) is 18.7 Å². The maximum atomic E-state index is 12.1. The predicted octanol–water partition coefficient (Wildman–Crippen LogP) is 0.522. The number of nitrogens with zero attached hydrogens (tertiary/aromatic N) is 1. The maximum absolute atomic E-state index is 12.1. The van der Waals surface area contributed by atoms with Crippen LogP contribution < -0.4 is 5.32 Å². The van der Waals surface area contributed by atoms with E-state index in [1.54, 1.807) is 0 Å². The van der Waals surface area contributed by atoms with Crippen molar-refractivity contribution >= 4 is 11.8 Å². The Kier molecular flexibility index (Phi) is 2.67. The van der Waals surface area contributed by atoms with Crippen LogP contribution in [0.15, 0.2) is 0 Å². The van der Waals surface area contributed by atoms with E-state index in [-0.39, 0.29) is 23.9 Å². The van der Waals surface area contributed by atoms with Gasteiger partial charge in [0, 0.05) is 19.0 Å². The third kappa shape index (κ3) is 2.13. The second-order valence-electron chi connectivity index (χ2n) is 4.76. The molecule has 1 atom stereocenters. The van der Waals surface area contributed by atoms with Gasteiger partial charge in [-0.3, -0.25) is 9.59 Å². The monoisotopic (exact) mass is 210 g/mol. The fourth-order valence-corrected chi connectivity index (χ4v) is 2.08. The van der Waals surface area contributed by atoms with Gasteiger partial charge in [0.2, 0.25) is 11.8 Å². The van der Waals surface area contributed by atoms with Gasteiger partial charge >= 0.3 is 0 Å². The summed E-state index contributed by atoms with van der Waals surface area (Å²) in [7, 11) is 0. The highest BCUT2D eigenvalue weighted by molar-refractivity contribution is 5.90. The van der Waals surface area contributed by atoms with E-state index in [2.05, 4.69) is 5.32 Å². The lowest BCUT2D eigenvalue weighted by atomic mass is 10.1. The minimum atomic E-state index is -0.248. The first-order valence-corrected chi connectivity index (χ1v) is 5.69. The Bertz CT molecular complexity index is 284. The summed E-state index contributed by atoms with van der Waals surface area (Å²) in [6, 6.07) is -0.0613. The van der Waals surface area contributed by atoms with Gasteiger partial charge in [-0.25, -0.2) is 0 Å². The van der Waals surface area contributed by atoms with Crippen LogP contribution in [0.5, 0.6) is 0 Å². The average molecular weight is 210 g/mol. The predicted molar refractivity (Wildman–Crippen MR) is 56.1 cm³/mol. The van der Waals surface area contributed by atoms with Crippen molar-refractivity contribution in [1.29, 1.82) is 0 Å². The van der Waals surface area contributed by atoms with Crippen LogP contribution in [0.4, 0.5) is 0 Å². The first-order chi connectivity index (χ1) is 7.09. The number of hydrogen-bond acceptors (Lipinski definition) is 2. The van der Waals surface area contributed by atoms with E-state index < -0.39 is 0 Å². The molecule has 1 aliphatic carbocycles. The molecule has 84 valence electrons. The molecule has 2 aliphatic rings. The Morgan fingerprint density at radius 3 is 2.53 bits per heavy atom. The second kappa shape index (κ2) is 3.83. The minimum Gasteiger partial charge on any atom is -0.344 e. The third-order valence-corrected chi connectivity index (χ3v) is 3.16. The number of nitrogens with one attached hydrogen (secondary N) is 1. The van der Waals surface area contributed by atoms with E-state index in [4.69, 9.17) is 0 Å². The van der Waals surface area contributed by atoms with Crippen molar-refractivity contribution in [2.24, 2.45) is 5.92 Å². The zero-order valence-corrected chi connectivity index (χ0v) is 9.32. The smallest absolute Gasteiger partial charge is 0.245 e. The average Bonchev–Trinajstić information content (AvgIpc) is 2.95. The highest BCUT2D eigenvalue weighted by atomic mass is 16.2. The third-order valence-electron chi connectivity index (χ3n) is 3.16. The van der Waals surface area contributed by atoms with Crippen molar-refractivity contribution in [3.63, 3.8) is 0 Å². The second-order valence-corrected chi connectivity index (χ2v) is 4.76. The zero-order valence-electron chi connectivity index (χ0n) is 9.32. The Hall–Kier alpha value is -1.06. The molecule has 0 aromatic rings. The van der Waals surface area contributed by atoms with Crippen LogP contribution in [-0.2, 0) is 9.59 Å². The summed E-state index contributed by atoms with van der Waals surface area (Å²) < 4.78 is 0. The zero-order chi connectivity index (χ0) is 11.0. The molecule has 1 unspecified atom stereocenters. The number of amides is 2. The lowest BCUT2D eigenvalue weighted by molar-refractivity contribution is -0.135. The molecule has 1 heterocycles. The van der Waals surface area contributed by atoms with Crippen molar-refractivity contribution in [3.8, 4) is 0 Å². The number of hydrogen-bond donors (Lipinski definition) is 1. The molecule has 0 spiro atoms. The van der Waals surface area contributed by atoms with Crippen molar-refractivity contribution in [1.82, 2.24) is 10.2 Å². The van der Waals surface area contributed by atoms with Crippen LogP contribution in [0.25, 0.3) is 0 Å². The van der Waals surface area contributed by atoms with E-state index >= 15 is 0 Å². The molecule has 1 saturated heterocycles. The van der Waals surface area contributed by atoms with E-state index in [0.29, 0.717) is 18.9 Å². The molecule has 2 amide bonds. The molecule has 1 N–H and O–H groups in total. The summed E-state index contributed by atoms with van der Waals surface area (Å²) in [6.07, 6.45) is 2.58. The topological polar surface area (TPSA) is 49.4 Å². The Balaban J connectivity index is 2.14. The summed E-state index contributed by atoms with van der Waals surface area (Å²) in [5.41, 5.74) is 0. The fraction of sp³-hybridized carbons (Fsp3) is 0.818. The summed E-state index contributed by atoms with van der Waals surface area (Å²) in [6.45, 7) is 4.56. The first kappa shape index (κ1) is 10.5. The minimum absolute atomic E-state index is 0.0170. The van der Waals surface area contributed by atoms with Crippen LogP contribution in [-0.4, -0.2) is 35.3 Å². The molecule has 2 fully saturated rings. The van der Waals surface area contributed by atoms with Crippen LogP contribution in [0, 0.1) is 5.92 Å². The van der Waals surface area contributed by atoms with Gasteiger partial charge in [-0.1, -0.05) is 0 Å². The van der Waals surface area contributed by atoms with Crippen LogP contribution in [0.2, 0.25) is 0 Å².